The molecule has 2 aromatic heterocycles. The van der Waals surface area contributed by atoms with Gasteiger partial charge in [-0.2, -0.15) is 5.10 Å². The molecule has 0 bridgehead atoms. The first-order valence-corrected chi connectivity index (χ1v) is 10.9. The van der Waals surface area contributed by atoms with Gasteiger partial charge in [-0.1, -0.05) is 48.2 Å². The van der Waals surface area contributed by atoms with Crippen molar-refractivity contribution < 1.29 is 9.21 Å². The highest BCUT2D eigenvalue weighted by Crippen LogP contribution is 2.19. The van der Waals surface area contributed by atoms with Gasteiger partial charge in [0.25, 0.3) is 10.8 Å². The summed E-state index contributed by atoms with van der Waals surface area (Å²) in [7, 11) is 0. The minimum absolute atomic E-state index is 0.0435. The number of nitrogens with zero attached hydrogens (tertiary/aromatic N) is 4. The van der Waals surface area contributed by atoms with Gasteiger partial charge in [0.15, 0.2) is 0 Å². The summed E-state index contributed by atoms with van der Waals surface area (Å²) in [6.07, 6.45) is 0. The van der Waals surface area contributed by atoms with Gasteiger partial charge in [-0.3, -0.25) is 9.59 Å². The van der Waals surface area contributed by atoms with E-state index in [-0.39, 0.29) is 34.9 Å². The molecule has 8 nitrogen and oxygen atoms in total. The monoisotopic (exact) mass is 447 g/mol. The molecule has 0 saturated carbocycles. The van der Waals surface area contributed by atoms with Crippen LogP contribution in [0.15, 0.2) is 75.1 Å². The van der Waals surface area contributed by atoms with Crippen molar-refractivity contribution in [2.75, 3.05) is 11.1 Å². The van der Waals surface area contributed by atoms with E-state index in [9.17, 15) is 9.59 Å². The fourth-order valence-corrected chi connectivity index (χ4v) is 3.77. The third kappa shape index (κ3) is 5.50. The molecule has 32 heavy (non-hydrogen) atoms. The molecule has 0 atom stereocenters. The Bertz CT molecular complexity index is 1280. The van der Waals surface area contributed by atoms with E-state index >= 15 is 0 Å². The zero-order valence-corrected chi connectivity index (χ0v) is 18.4. The zero-order chi connectivity index (χ0) is 22.5. The van der Waals surface area contributed by atoms with Crippen LogP contribution in [0.3, 0.4) is 0 Å². The summed E-state index contributed by atoms with van der Waals surface area (Å²) in [6.45, 7) is 4.00. The van der Waals surface area contributed by atoms with Gasteiger partial charge in [0.05, 0.1) is 11.4 Å². The van der Waals surface area contributed by atoms with Crippen LogP contribution in [0.2, 0.25) is 0 Å². The van der Waals surface area contributed by atoms with Crippen molar-refractivity contribution in [3.05, 3.63) is 88.0 Å². The van der Waals surface area contributed by atoms with Crippen molar-refractivity contribution in [3.8, 4) is 11.3 Å². The summed E-state index contributed by atoms with van der Waals surface area (Å²) in [4.78, 5) is 24.4. The van der Waals surface area contributed by atoms with E-state index in [1.165, 1.54) is 10.7 Å². The molecule has 0 saturated heterocycles. The predicted molar refractivity (Wildman–Crippen MR) is 123 cm³/mol. The number of carbonyl (C=O) groups excluding carboxylic acids is 1. The number of aromatic nitrogens is 4. The molecule has 0 fully saturated rings. The van der Waals surface area contributed by atoms with Crippen molar-refractivity contribution in [1.29, 1.82) is 0 Å². The average molecular weight is 448 g/mol. The first kappa shape index (κ1) is 21.5. The highest BCUT2D eigenvalue weighted by molar-refractivity contribution is 7.99. The number of benzene rings is 2. The van der Waals surface area contributed by atoms with E-state index in [2.05, 4.69) is 20.6 Å². The fraction of sp³-hybridized carbons (Fsp3) is 0.174. The molecule has 4 rings (SSSR count). The molecule has 9 heteroatoms. The van der Waals surface area contributed by atoms with Gasteiger partial charge in [-0.05, 0) is 43.2 Å². The lowest BCUT2D eigenvalue weighted by Crippen LogP contribution is -2.23. The quantitative estimate of drug-likeness (QED) is 0.431. The van der Waals surface area contributed by atoms with E-state index < -0.39 is 0 Å². The van der Waals surface area contributed by atoms with Gasteiger partial charge in [0.2, 0.25) is 11.8 Å². The Morgan fingerprint density at radius 1 is 1.03 bits per heavy atom. The van der Waals surface area contributed by atoms with E-state index in [1.807, 2.05) is 62.4 Å². The minimum Gasteiger partial charge on any atom is -0.414 e. The largest absolute Gasteiger partial charge is 0.414 e. The molecular weight excluding hydrogens is 426 g/mol. The lowest BCUT2D eigenvalue weighted by Gasteiger charge is -2.06. The van der Waals surface area contributed by atoms with Crippen LogP contribution in [0.4, 0.5) is 5.69 Å². The average Bonchev–Trinajstić information content (AvgIpc) is 3.21. The van der Waals surface area contributed by atoms with Crippen molar-refractivity contribution in [1.82, 2.24) is 20.0 Å². The number of hydrogen-bond donors (Lipinski definition) is 1. The minimum atomic E-state index is -0.273. The number of aryl methyl sites for hydroxylation is 2. The van der Waals surface area contributed by atoms with Gasteiger partial charge >= 0.3 is 0 Å². The smallest absolute Gasteiger partial charge is 0.277 e. The second-order valence-corrected chi connectivity index (χ2v) is 8.18. The maximum atomic E-state index is 12.2. The molecule has 0 aliphatic heterocycles. The van der Waals surface area contributed by atoms with Crippen LogP contribution < -0.4 is 10.9 Å². The zero-order valence-electron chi connectivity index (χ0n) is 17.6. The molecule has 0 aliphatic carbocycles. The van der Waals surface area contributed by atoms with E-state index in [0.717, 1.165) is 34.1 Å². The molecule has 0 radical (unpaired) electrons. The standard InChI is InChI=1S/C23H21N5O3S/c1-15-10-16(2)12-18(11-15)24-20(29)14-32-23-26-25-21(31-23)13-28-22(30)9-8-19(27-28)17-6-4-3-5-7-17/h3-12H,13-14H2,1-2H3,(H,24,29). The van der Waals surface area contributed by atoms with Gasteiger partial charge in [0.1, 0.15) is 6.54 Å². The van der Waals surface area contributed by atoms with E-state index in [4.69, 9.17) is 4.42 Å². The maximum absolute atomic E-state index is 12.2. The molecule has 0 spiro atoms. The summed E-state index contributed by atoms with van der Waals surface area (Å²) in [5, 5.41) is 15.4. The molecule has 0 unspecified atom stereocenters. The van der Waals surface area contributed by atoms with Crippen LogP contribution in [-0.4, -0.2) is 31.6 Å². The normalized spacial score (nSPS) is 10.8. The number of hydrogen-bond acceptors (Lipinski definition) is 7. The molecule has 4 aromatic rings. The second kappa shape index (κ2) is 9.61. The Balaban J connectivity index is 1.38. The topological polar surface area (TPSA) is 103 Å². The lowest BCUT2D eigenvalue weighted by atomic mass is 10.1. The van der Waals surface area contributed by atoms with E-state index in [0.29, 0.717) is 5.69 Å². The Morgan fingerprint density at radius 3 is 2.53 bits per heavy atom. The van der Waals surface area contributed by atoms with Crippen LogP contribution in [0, 0.1) is 13.8 Å². The molecule has 0 aliphatic rings. The number of amides is 1. The Labute approximate surface area is 188 Å². The first-order valence-electron chi connectivity index (χ1n) is 9.93. The lowest BCUT2D eigenvalue weighted by molar-refractivity contribution is -0.113. The number of rotatable bonds is 7. The maximum Gasteiger partial charge on any atom is 0.277 e. The molecule has 1 amide bonds. The van der Waals surface area contributed by atoms with Crippen molar-refractivity contribution in [2.45, 2.75) is 25.6 Å². The van der Waals surface area contributed by atoms with Crippen LogP contribution in [-0.2, 0) is 11.3 Å². The van der Waals surface area contributed by atoms with Gasteiger partial charge < -0.3 is 9.73 Å². The van der Waals surface area contributed by atoms with Crippen LogP contribution in [0.25, 0.3) is 11.3 Å². The van der Waals surface area contributed by atoms with Crippen molar-refractivity contribution in [2.24, 2.45) is 0 Å². The summed E-state index contributed by atoms with van der Waals surface area (Å²) in [6, 6.07) is 18.6. The summed E-state index contributed by atoms with van der Waals surface area (Å²) in [5.74, 6) is 0.186. The van der Waals surface area contributed by atoms with Crippen molar-refractivity contribution in [3.63, 3.8) is 0 Å². The fourth-order valence-electron chi connectivity index (χ4n) is 3.18. The highest BCUT2D eigenvalue weighted by atomic mass is 32.2. The van der Waals surface area contributed by atoms with Gasteiger partial charge in [0, 0.05) is 17.3 Å². The third-order valence-corrected chi connectivity index (χ3v) is 5.32. The predicted octanol–water partition coefficient (Wildman–Crippen LogP) is 3.69. The summed E-state index contributed by atoms with van der Waals surface area (Å²) in [5.41, 5.74) is 4.21. The molecule has 162 valence electrons. The Kier molecular flexibility index (Phi) is 6.46. The number of nitrogens with one attached hydrogen (secondary N) is 1. The number of thioether (sulfide) groups is 1. The molecular formula is C23H21N5O3S. The summed E-state index contributed by atoms with van der Waals surface area (Å²) < 4.78 is 6.86. The SMILES string of the molecule is Cc1cc(C)cc(NC(=O)CSc2nnc(Cn3nc(-c4ccccc4)ccc3=O)o2)c1. The number of carbonyl (C=O) groups is 1. The Hall–Kier alpha value is -3.72. The van der Waals surface area contributed by atoms with Crippen molar-refractivity contribution >= 4 is 23.4 Å². The van der Waals surface area contributed by atoms with Gasteiger partial charge in [-0.25, -0.2) is 4.68 Å². The molecule has 2 heterocycles. The first-order chi connectivity index (χ1) is 15.5. The van der Waals surface area contributed by atoms with Crippen LogP contribution in [0.5, 0.6) is 0 Å². The van der Waals surface area contributed by atoms with Crippen LogP contribution >= 0.6 is 11.8 Å². The number of anilines is 1. The summed E-state index contributed by atoms with van der Waals surface area (Å²) >= 11 is 1.13. The van der Waals surface area contributed by atoms with Gasteiger partial charge in [-0.15, -0.1) is 10.2 Å². The highest BCUT2D eigenvalue weighted by Gasteiger charge is 2.12. The van der Waals surface area contributed by atoms with Crippen LogP contribution in [0.1, 0.15) is 17.0 Å². The second-order valence-electron chi connectivity index (χ2n) is 7.26. The molecule has 2 aromatic carbocycles. The van der Waals surface area contributed by atoms with E-state index in [1.54, 1.807) is 6.07 Å². The Morgan fingerprint density at radius 2 is 1.78 bits per heavy atom. The third-order valence-electron chi connectivity index (χ3n) is 4.50. The molecule has 1 N–H and O–H groups in total.